The lowest BCUT2D eigenvalue weighted by molar-refractivity contribution is -0.141. The molecule has 0 unspecified atom stereocenters. The topological polar surface area (TPSA) is 205 Å². The van der Waals surface area contributed by atoms with Crippen LogP contribution in [0.15, 0.2) is 53.0 Å². The van der Waals surface area contributed by atoms with Gasteiger partial charge in [-0.25, -0.2) is 18.2 Å². The summed E-state index contributed by atoms with van der Waals surface area (Å²) in [6.07, 6.45) is 6.40. The highest BCUT2D eigenvalue weighted by atomic mass is 32.2. The van der Waals surface area contributed by atoms with E-state index in [1.807, 2.05) is 18.2 Å². The Kier molecular flexibility index (Phi) is 10.8. The first-order valence-corrected chi connectivity index (χ1v) is 22.0. The van der Waals surface area contributed by atoms with Gasteiger partial charge in [-0.3, -0.25) is 19.1 Å². The number of pyridine rings is 1. The normalized spacial score (nSPS) is 25.6. The van der Waals surface area contributed by atoms with Crippen molar-refractivity contribution >= 4 is 66.8 Å². The number of alkyl carbamates (subject to hydrolysis) is 1. The minimum absolute atomic E-state index is 0.00910. The van der Waals surface area contributed by atoms with Crippen LogP contribution in [0.2, 0.25) is 0 Å². The van der Waals surface area contributed by atoms with Crippen molar-refractivity contribution in [2.24, 2.45) is 5.92 Å². The quantitative estimate of drug-likeness (QED) is 0.191. The number of hydrogen-bond donors (Lipinski definition) is 3. The second-order valence-corrected chi connectivity index (χ2v) is 19.1. The smallest absolute Gasteiger partial charge is 0.408 e. The highest BCUT2D eigenvalue weighted by molar-refractivity contribution is 7.91. The number of nitrogens with zero attached hydrogens (tertiary/aromatic N) is 2. The summed E-state index contributed by atoms with van der Waals surface area (Å²) in [5.41, 5.74) is -0.440. The van der Waals surface area contributed by atoms with E-state index in [0.717, 1.165) is 12.8 Å². The average molecular weight is 846 g/mol. The number of sulfonamides is 1. The SMILES string of the molecule is COc1ccc2c(O[C@@H]3C[C@H]4C(=O)N[C@]5(C(=O)NS(=O)(=O)C6CC6)C[C@H]5/C=C\CCCCC[C@H](NC(=O)OC(C)(C)C)C(=O)N4C3)c3oc4cc(OC)ccc4c3nc2c1. The van der Waals surface area contributed by atoms with Gasteiger partial charge in [0.1, 0.15) is 51.9 Å². The molecule has 2 aliphatic heterocycles. The van der Waals surface area contributed by atoms with Gasteiger partial charge in [0.25, 0.3) is 5.91 Å². The molecule has 4 amide bonds. The third-order valence-corrected chi connectivity index (χ3v) is 13.4. The zero-order chi connectivity index (χ0) is 42.6. The first-order valence-electron chi connectivity index (χ1n) is 20.5. The molecule has 8 rings (SSSR count). The number of ether oxygens (including phenoxy) is 4. The van der Waals surface area contributed by atoms with Gasteiger partial charge in [0.15, 0.2) is 11.3 Å². The molecule has 3 fully saturated rings. The van der Waals surface area contributed by atoms with Gasteiger partial charge in [-0.2, -0.15) is 0 Å². The number of amides is 4. The summed E-state index contributed by atoms with van der Waals surface area (Å²) in [6.45, 7) is 5.10. The van der Waals surface area contributed by atoms with Crippen LogP contribution < -0.4 is 29.6 Å². The Morgan fingerprint density at radius 2 is 1.72 bits per heavy atom. The van der Waals surface area contributed by atoms with Crippen LogP contribution in [-0.4, -0.2) is 97.5 Å². The molecule has 0 bridgehead atoms. The first kappa shape index (κ1) is 41.2. The van der Waals surface area contributed by atoms with Crippen molar-refractivity contribution < 1.29 is 51.0 Å². The van der Waals surface area contributed by atoms with Crippen LogP contribution in [0, 0.1) is 5.92 Å². The molecule has 4 heterocycles. The average Bonchev–Trinajstić information content (AvgIpc) is 4.10. The van der Waals surface area contributed by atoms with Crippen LogP contribution in [0.5, 0.6) is 17.2 Å². The third kappa shape index (κ3) is 8.27. The standard InChI is InChI=1S/C43H51N5O11S/c1-42(2,3)59-41(52)45-31-12-10-8-6-7-9-11-24-22-43(24,40(51)47-60(53,54)28-15-16-28)46-38(49)33-20-27(23-48(33)39(31)50)57-36-29-17-13-25(55-4)19-32(29)44-35-30-18-14-26(56-5)21-34(30)58-37(35)36/h9,11,13-14,17-19,21,24,27-28,31,33H,6-8,10,12,15-16,20,22-23H2,1-5H3,(H,45,52)(H,46,49)(H,47,51)/b11-9-/t24-,27-,31+,33+,43-/m1/s1. The molecule has 60 heavy (non-hydrogen) atoms. The lowest BCUT2D eigenvalue weighted by atomic mass is 10.0. The van der Waals surface area contributed by atoms with E-state index in [-0.39, 0.29) is 25.8 Å². The number of hydrogen-bond acceptors (Lipinski definition) is 12. The van der Waals surface area contributed by atoms with Gasteiger partial charge in [0.2, 0.25) is 21.8 Å². The van der Waals surface area contributed by atoms with Crippen molar-refractivity contribution in [2.75, 3.05) is 20.8 Å². The Bertz CT molecular complexity index is 2510. The highest BCUT2D eigenvalue weighted by Gasteiger charge is 2.62. The minimum atomic E-state index is -3.93. The predicted octanol–water partition coefficient (Wildman–Crippen LogP) is 5.40. The maximum Gasteiger partial charge on any atom is 0.408 e. The second kappa shape index (κ2) is 15.8. The van der Waals surface area contributed by atoms with Gasteiger partial charge in [0.05, 0.1) is 31.5 Å². The fraction of sp³-hybridized carbons (Fsp3) is 0.512. The molecule has 2 aromatic heterocycles. The number of fused-ring (bicyclic) bond motifs is 6. The molecule has 2 aliphatic carbocycles. The molecular weight excluding hydrogens is 795 g/mol. The second-order valence-electron chi connectivity index (χ2n) is 17.2. The fourth-order valence-corrected chi connectivity index (χ4v) is 9.57. The van der Waals surface area contributed by atoms with Crippen LogP contribution in [-0.2, 0) is 29.1 Å². The Morgan fingerprint density at radius 1 is 0.983 bits per heavy atom. The lowest BCUT2D eigenvalue weighted by Gasteiger charge is -2.30. The van der Waals surface area contributed by atoms with E-state index in [1.165, 1.54) is 4.90 Å². The highest BCUT2D eigenvalue weighted by Crippen LogP contribution is 2.47. The molecule has 0 spiro atoms. The number of carbonyl (C=O) groups excluding carboxylic acids is 4. The maximum absolute atomic E-state index is 14.8. The minimum Gasteiger partial charge on any atom is -0.497 e. The molecule has 16 nitrogen and oxygen atoms in total. The number of nitrogens with one attached hydrogen (secondary N) is 3. The van der Waals surface area contributed by atoms with E-state index in [0.29, 0.717) is 75.9 Å². The van der Waals surface area contributed by atoms with Gasteiger partial charge in [0, 0.05) is 35.2 Å². The summed E-state index contributed by atoms with van der Waals surface area (Å²) in [6, 6.07) is 8.53. The van der Waals surface area contributed by atoms with E-state index in [4.69, 9.17) is 28.3 Å². The molecular formula is C43H51N5O11S. The van der Waals surface area contributed by atoms with E-state index >= 15 is 0 Å². The molecule has 320 valence electrons. The Morgan fingerprint density at radius 3 is 2.43 bits per heavy atom. The summed E-state index contributed by atoms with van der Waals surface area (Å²) in [7, 11) is -0.809. The maximum atomic E-state index is 14.8. The molecule has 2 aromatic carbocycles. The summed E-state index contributed by atoms with van der Waals surface area (Å²) < 4.78 is 57.9. The summed E-state index contributed by atoms with van der Waals surface area (Å²) in [5, 5.41) is 6.32. The van der Waals surface area contributed by atoms with E-state index in [2.05, 4.69) is 15.4 Å². The Hall–Kier alpha value is -5.58. The number of rotatable bonds is 8. The van der Waals surface area contributed by atoms with Crippen LogP contribution >= 0.6 is 0 Å². The number of furan rings is 1. The molecule has 4 aliphatic rings. The Balaban J connectivity index is 1.17. The zero-order valence-electron chi connectivity index (χ0n) is 34.4. The van der Waals surface area contributed by atoms with E-state index in [9.17, 15) is 27.6 Å². The van der Waals surface area contributed by atoms with Crippen molar-refractivity contribution in [1.82, 2.24) is 25.2 Å². The number of carbonyl (C=O) groups is 4. The van der Waals surface area contributed by atoms with Crippen LogP contribution in [0.3, 0.4) is 0 Å². The van der Waals surface area contributed by atoms with Gasteiger partial charge < -0.3 is 38.9 Å². The lowest BCUT2D eigenvalue weighted by Crippen LogP contribution is -2.58. The van der Waals surface area contributed by atoms with Crippen molar-refractivity contribution in [3.8, 4) is 17.2 Å². The monoisotopic (exact) mass is 845 g/mol. The summed E-state index contributed by atoms with van der Waals surface area (Å²) >= 11 is 0. The van der Waals surface area contributed by atoms with Crippen molar-refractivity contribution in [3.63, 3.8) is 0 Å². The first-order chi connectivity index (χ1) is 28.6. The van der Waals surface area contributed by atoms with Gasteiger partial charge in [-0.05, 0) is 83.6 Å². The molecule has 4 aromatic rings. The fourth-order valence-electron chi connectivity index (χ4n) is 8.20. The molecule has 1 saturated heterocycles. The third-order valence-electron chi connectivity index (χ3n) is 11.6. The molecule has 17 heteroatoms. The van der Waals surface area contributed by atoms with Gasteiger partial charge in [-0.1, -0.05) is 25.0 Å². The summed E-state index contributed by atoms with van der Waals surface area (Å²) in [4.78, 5) is 62.7. The van der Waals surface area contributed by atoms with E-state index < -0.39 is 74.3 Å². The van der Waals surface area contributed by atoms with Crippen LogP contribution in [0.1, 0.15) is 78.6 Å². The van der Waals surface area contributed by atoms with Crippen molar-refractivity contribution in [2.45, 2.75) is 113 Å². The van der Waals surface area contributed by atoms with Crippen molar-refractivity contribution in [3.05, 3.63) is 48.6 Å². The van der Waals surface area contributed by atoms with Crippen LogP contribution in [0.4, 0.5) is 4.79 Å². The number of allylic oxidation sites excluding steroid dienone is 1. The number of aromatic nitrogens is 1. The number of methoxy groups -OCH3 is 2. The largest absolute Gasteiger partial charge is 0.497 e. The predicted molar refractivity (Wildman–Crippen MR) is 221 cm³/mol. The molecule has 5 atom stereocenters. The van der Waals surface area contributed by atoms with Crippen molar-refractivity contribution in [1.29, 1.82) is 0 Å². The molecule has 3 N–H and O–H groups in total. The van der Waals surface area contributed by atoms with Gasteiger partial charge in [-0.15, -0.1) is 0 Å². The molecule has 2 saturated carbocycles. The molecule has 0 radical (unpaired) electrons. The Labute approximate surface area is 347 Å². The van der Waals surface area contributed by atoms with Gasteiger partial charge >= 0.3 is 6.09 Å². The summed E-state index contributed by atoms with van der Waals surface area (Å²) in [5.74, 6) is -0.945. The number of benzene rings is 2. The van der Waals surface area contributed by atoms with E-state index in [1.54, 1.807) is 65.3 Å². The van der Waals surface area contributed by atoms with Crippen LogP contribution in [0.25, 0.3) is 33.0 Å². The zero-order valence-corrected chi connectivity index (χ0v) is 35.2.